The number of hydrogen-bond acceptors (Lipinski definition) is 4. The second kappa shape index (κ2) is 11.4. The fraction of sp³-hybridized carbons (Fsp3) is 0.231. The molecule has 0 aromatic heterocycles. The summed E-state index contributed by atoms with van der Waals surface area (Å²) in [5.41, 5.74) is 4.17. The van der Waals surface area contributed by atoms with Crippen LogP contribution in [0.25, 0.3) is 11.1 Å². The normalized spacial score (nSPS) is 16.2. The van der Waals surface area contributed by atoms with Gasteiger partial charge in [-0.1, -0.05) is 60.7 Å². The number of thioether (sulfide) groups is 1. The van der Waals surface area contributed by atoms with Crippen molar-refractivity contribution in [2.24, 2.45) is 0 Å². The third kappa shape index (κ3) is 5.77. The number of benzene rings is 3. The van der Waals surface area contributed by atoms with E-state index in [1.54, 1.807) is 30.6 Å². The summed E-state index contributed by atoms with van der Waals surface area (Å²) in [5.74, 6) is 0.228. The number of likely N-dealkylation sites (N-methyl/N-ethyl adjacent to an activating group) is 1. The summed E-state index contributed by atoms with van der Waals surface area (Å²) >= 11 is 1.60. The summed E-state index contributed by atoms with van der Waals surface area (Å²) < 4.78 is 0. The molecule has 1 heterocycles. The van der Waals surface area contributed by atoms with Crippen LogP contribution in [0.15, 0.2) is 83.8 Å². The van der Waals surface area contributed by atoms with E-state index in [-0.39, 0.29) is 30.3 Å². The van der Waals surface area contributed by atoms with Gasteiger partial charge >= 0.3 is 0 Å². The van der Waals surface area contributed by atoms with Gasteiger partial charge in [-0.05, 0) is 48.9 Å². The van der Waals surface area contributed by atoms with Gasteiger partial charge in [-0.25, -0.2) is 0 Å². The first kappa shape index (κ1) is 24.8. The maximum atomic E-state index is 13.6. The number of fused-ring (bicyclic) bond motifs is 1. The van der Waals surface area contributed by atoms with Gasteiger partial charge in [0.15, 0.2) is 0 Å². The van der Waals surface area contributed by atoms with Crippen molar-refractivity contribution in [3.63, 3.8) is 0 Å². The molecule has 1 aliphatic rings. The fourth-order valence-electron chi connectivity index (χ4n) is 3.71. The van der Waals surface area contributed by atoms with Crippen molar-refractivity contribution in [3.8, 4) is 11.1 Å². The molecule has 2 amide bonds. The van der Waals surface area contributed by atoms with E-state index < -0.39 is 6.04 Å². The number of rotatable bonds is 6. The molecule has 0 aliphatic carbocycles. The smallest absolute Gasteiger partial charge is 0.250 e. The molecule has 7 heteroatoms. The van der Waals surface area contributed by atoms with E-state index in [0.29, 0.717) is 12.3 Å². The van der Waals surface area contributed by atoms with Gasteiger partial charge in [0.2, 0.25) is 5.91 Å². The highest BCUT2D eigenvalue weighted by Gasteiger charge is 2.32. The molecule has 172 valence electrons. The monoisotopic (exact) mass is 481 g/mol. The van der Waals surface area contributed by atoms with Crippen molar-refractivity contribution in [2.45, 2.75) is 30.4 Å². The van der Waals surface area contributed by atoms with Gasteiger partial charge in [-0.3, -0.25) is 9.59 Å². The van der Waals surface area contributed by atoms with Crippen LogP contribution >= 0.6 is 24.2 Å². The average molecular weight is 482 g/mol. The van der Waals surface area contributed by atoms with Crippen LogP contribution in [0.4, 0.5) is 5.69 Å². The predicted octanol–water partition coefficient (Wildman–Crippen LogP) is 4.51. The van der Waals surface area contributed by atoms with Gasteiger partial charge in [-0.2, -0.15) is 0 Å². The summed E-state index contributed by atoms with van der Waals surface area (Å²) in [6.45, 7) is 2.22. The lowest BCUT2D eigenvalue weighted by Gasteiger charge is -2.27. The highest BCUT2D eigenvalue weighted by atomic mass is 35.5. The standard InChI is InChI=1S/C26H27N3O2S.ClH/c1-18(27-2)25(30)28-22-17-32-24-14-7-6-13-23(24)29(26(22)31)16-19-9-8-12-21(15-19)20-10-4-3-5-11-20;/h3-15,18,22,27H,16-17H2,1-2H3,(H,28,30);1H. The van der Waals surface area contributed by atoms with E-state index in [2.05, 4.69) is 34.9 Å². The number of amides is 2. The largest absolute Gasteiger partial charge is 0.342 e. The van der Waals surface area contributed by atoms with Crippen molar-refractivity contribution in [3.05, 3.63) is 84.4 Å². The first-order valence-corrected chi connectivity index (χ1v) is 11.7. The van der Waals surface area contributed by atoms with Crippen LogP contribution in [0, 0.1) is 0 Å². The molecule has 2 N–H and O–H groups in total. The van der Waals surface area contributed by atoms with E-state index in [9.17, 15) is 9.59 Å². The van der Waals surface area contributed by atoms with Crippen LogP contribution in [0.3, 0.4) is 0 Å². The lowest BCUT2D eigenvalue weighted by Crippen LogP contribution is -2.53. The second-order valence-electron chi connectivity index (χ2n) is 7.84. The molecule has 0 radical (unpaired) electrons. The van der Waals surface area contributed by atoms with Gasteiger partial charge in [0.1, 0.15) is 6.04 Å². The zero-order valence-corrected chi connectivity index (χ0v) is 20.3. The molecule has 0 saturated carbocycles. The summed E-state index contributed by atoms with van der Waals surface area (Å²) in [6, 6.07) is 25.4. The molecule has 0 spiro atoms. The van der Waals surface area contributed by atoms with E-state index in [4.69, 9.17) is 0 Å². The molecular formula is C26H28ClN3O2S. The predicted molar refractivity (Wildman–Crippen MR) is 138 cm³/mol. The van der Waals surface area contributed by atoms with E-state index in [1.165, 1.54) is 0 Å². The Morgan fingerprint density at radius 3 is 2.48 bits per heavy atom. The summed E-state index contributed by atoms with van der Waals surface area (Å²) in [4.78, 5) is 28.9. The van der Waals surface area contributed by atoms with E-state index in [1.807, 2.05) is 54.6 Å². The van der Waals surface area contributed by atoms with Gasteiger partial charge in [0.25, 0.3) is 5.91 Å². The van der Waals surface area contributed by atoms with Crippen molar-refractivity contribution >= 4 is 41.7 Å². The summed E-state index contributed by atoms with van der Waals surface area (Å²) in [6.07, 6.45) is 0. The number of nitrogens with zero attached hydrogens (tertiary/aromatic N) is 1. The third-order valence-corrected chi connectivity index (χ3v) is 6.80. The van der Waals surface area contributed by atoms with Crippen LogP contribution in [-0.4, -0.2) is 36.7 Å². The van der Waals surface area contributed by atoms with Crippen LogP contribution in [-0.2, 0) is 16.1 Å². The van der Waals surface area contributed by atoms with E-state index in [0.717, 1.165) is 27.3 Å². The number of carbonyl (C=O) groups is 2. The molecule has 5 nitrogen and oxygen atoms in total. The zero-order valence-electron chi connectivity index (χ0n) is 18.7. The SMILES string of the molecule is CNC(C)C(=O)NC1CSc2ccccc2N(Cc2cccc(-c3ccccc3)c2)C1=O.Cl. The number of carbonyl (C=O) groups excluding carboxylic acids is 2. The third-order valence-electron chi connectivity index (χ3n) is 5.64. The van der Waals surface area contributed by atoms with Crippen LogP contribution in [0.1, 0.15) is 12.5 Å². The lowest BCUT2D eigenvalue weighted by molar-refractivity contribution is -0.128. The molecule has 0 saturated heterocycles. The van der Waals surface area contributed by atoms with Gasteiger partial charge < -0.3 is 15.5 Å². The molecule has 0 fully saturated rings. The maximum Gasteiger partial charge on any atom is 0.250 e. The minimum absolute atomic E-state index is 0. The van der Waals surface area contributed by atoms with Crippen molar-refractivity contribution in [1.29, 1.82) is 0 Å². The van der Waals surface area contributed by atoms with Crippen molar-refractivity contribution < 1.29 is 9.59 Å². The van der Waals surface area contributed by atoms with Crippen LogP contribution < -0.4 is 15.5 Å². The Bertz CT molecular complexity index is 1110. The Morgan fingerprint density at radius 2 is 1.73 bits per heavy atom. The Balaban J connectivity index is 0.00000306. The first-order chi connectivity index (χ1) is 15.6. The maximum absolute atomic E-state index is 13.6. The zero-order chi connectivity index (χ0) is 22.5. The Labute approximate surface area is 205 Å². The molecule has 1 aliphatic heterocycles. The summed E-state index contributed by atoms with van der Waals surface area (Å²) in [5, 5.41) is 5.86. The molecule has 3 aromatic rings. The highest BCUT2D eigenvalue weighted by molar-refractivity contribution is 7.99. The van der Waals surface area contributed by atoms with Crippen LogP contribution in [0.5, 0.6) is 0 Å². The molecule has 33 heavy (non-hydrogen) atoms. The number of para-hydroxylation sites is 1. The average Bonchev–Trinajstić information content (AvgIpc) is 2.96. The van der Waals surface area contributed by atoms with Crippen molar-refractivity contribution in [1.82, 2.24) is 10.6 Å². The number of nitrogens with one attached hydrogen (secondary N) is 2. The molecule has 2 atom stereocenters. The van der Waals surface area contributed by atoms with Gasteiger partial charge in [-0.15, -0.1) is 24.2 Å². The highest BCUT2D eigenvalue weighted by Crippen LogP contribution is 2.35. The minimum Gasteiger partial charge on any atom is -0.342 e. The second-order valence-corrected chi connectivity index (χ2v) is 8.90. The Morgan fingerprint density at radius 1 is 1.03 bits per heavy atom. The molecule has 2 unspecified atom stereocenters. The Hall–Kier alpha value is -2.80. The van der Waals surface area contributed by atoms with E-state index >= 15 is 0 Å². The summed E-state index contributed by atoms with van der Waals surface area (Å²) in [7, 11) is 1.73. The molecular weight excluding hydrogens is 454 g/mol. The quantitative estimate of drug-likeness (QED) is 0.544. The lowest BCUT2D eigenvalue weighted by atomic mass is 10.0. The molecule has 4 rings (SSSR count). The molecule has 3 aromatic carbocycles. The number of halogens is 1. The number of hydrogen-bond donors (Lipinski definition) is 2. The first-order valence-electron chi connectivity index (χ1n) is 10.7. The van der Waals surface area contributed by atoms with Crippen LogP contribution in [0.2, 0.25) is 0 Å². The number of anilines is 1. The minimum atomic E-state index is -0.590. The topological polar surface area (TPSA) is 61.4 Å². The van der Waals surface area contributed by atoms with Gasteiger partial charge in [0, 0.05) is 10.6 Å². The Kier molecular flexibility index (Phi) is 8.55. The van der Waals surface area contributed by atoms with Gasteiger partial charge in [0.05, 0.1) is 18.3 Å². The molecule has 0 bridgehead atoms. The van der Waals surface area contributed by atoms with Crippen molar-refractivity contribution in [2.75, 3.05) is 17.7 Å². The fourth-order valence-corrected chi connectivity index (χ4v) is 4.78.